The van der Waals surface area contributed by atoms with Crippen LogP contribution >= 0.6 is 0 Å². The van der Waals surface area contributed by atoms with Crippen molar-refractivity contribution in [3.05, 3.63) is 96.1 Å². The van der Waals surface area contributed by atoms with Crippen molar-refractivity contribution in [3.8, 4) is 23.0 Å². The number of nitrogen functional groups attached to an aromatic ring is 4. The van der Waals surface area contributed by atoms with E-state index in [9.17, 15) is 0 Å². The highest BCUT2D eigenvalue weighted by atomic mass is 16.5. The molecule has 0 aliphatic heterocycles. The molecule has 168 valence electrons. The summed E-state index contributed by atoms with van der Waals surface area (Å²) in [5.74, 6) is 2.36. The van der Waals surface area contributed by atoms with E-state index in [4.69, 9.17) is 32.4 Å². The van der Waals surface area contributed by atoms with Crippen molar-refractivity contribution in [2.45, 2.75) is 19.3 Å². The van der Waals surface area contributed by atoms with E-state index in [1.165, 1.54) is 0 Å². The van der Waals surface area contributed by atoms with Gasteiger partial charge in [0.25, 0.3) is 0 Å². The standard InChI is InChI=1S/C27H28N4O2/c1-27(2,19-13-15-21(25(30)23(19)28)32-17-9-5-3-6-10-17)20-14-16-22(26(31)24(20)29)33-18-11-7-4-8-12-18/h3-16H,28-31H2,1-2H3. The molecule has 0 aliphatic carbocycles. The second-order valence-electron chi connectivity index (χ2n) is 8.33. The Kier molecular flexibility index (Phi) is 5.75. The second kappa shape index (κ2) is 8.67. The molecule has 6 nitrogen and oxygen atoms in total. The molecular formula is C27H28N4O2. The van der Waals surface area contributed by atoms with Crippen LogP contribution in [0.2, 0.25) is 0 Å². The maximum atomic E-state index is 6.48. The van der Waals surface area contributed by atoms with Crippen LogP contribution in [0.1, 0.15) is 25.0 Å². The van der Waals surface area contributed by atoms with Crippen LogP contribution < -0.4 is 32.4 Å². The molecular weight excluding hydrogens is 412 g/mol. The van der Waals surface area contributed by atoms with Crippen LogP contribution in [-0.4, -0.2) is 0 Å². The van der Waals surface area contributed by atoms with Crippen molar-refractivity contribution in [2.24, 2.45) is 0 Å². The van der Waals surface area contributed by atoms with Gasteiger partial charge in [-0.2, -0.15) is 0 Å². The predicted molar refractivity (Wildman–Crippen MR) is 136 cm³/mol. The Hall–Kier alpha value is -4.32. The first-order chi connectivity index (χ1) is 15.8. The molecule has 0 spiro atoms. The molecule has 0 heterocycles. The largest absolute Gasteiger partial charge is 0.455 e. The number of rotatable bonds is 6. The van der Waals surface area contributed by atoms with Gasteiger partial charge in [-0.3, -0.25) is 0 Å². The summed E-state index contributed by atoms with van der Waals surface area (Å²) in [5.41, 5.74) is 28.4. The van der Waals surface area contributed by atoms with Crippen LogP contribution in [-0.2, 0) is 5.41 Å². The molecule has 0 atom stereocenters. The SMILES string of the molecule is CC(C)(c1ccc(Oc2ccccc2)c(N)c1N)c1ccc(Oc2ccccc2)c(N)c1N. The van der Waals surface area contributed by atoms with E-state index in [2.05, 4.69) is 0 Å². The lowest BCUT2D eigenvalue weighted by Crippen LogP contribution is -2.23. The van der Waals surface area contributed by atoms with Gasteiger partial charge in [-0.05, 0) is 47.5 Å². The molecule has 6 heteroatoms. The monoisotopic (exact) mass is 440 g/mol. The van der Waals surface area contributed by atoms with E-state index in [1.54, 1.807) is 0 Å². The van der Waals surface area contributed by atoms with E-state index in [1.807, 2.05) is 98.8 Å². The zero-order chi connectivity index (χ0) is 23.6. The third-order valence-corrected chi connectivity index (χ3v) is 5.78. The average Bonchev–Trinajstić information content (AvgIpc) is 2.81. The molecule has 4 aromatic carbocycles. The Labute approximate surface area is 193 Å². The van der Waals surface area contributed by atoms with Crippen molar-refractivity contribution in [1.82, 2.24) is 0 Å². The van der Waals surface area contributed by atoms with Crippen LogP contribution in [0.3, 0.4) is 0 Å². The minimum absolute atomic E-state index is 0.375. The molecule has 0 amide bonds. The fraction of sp³-hybridized carbons (Fsp3) is 0.111. The van der Waals surface area contributed by atoms with Gasteiger partial charge < -0.3 is 32.4 Å². The van der Waals surface area contributed by atoms with Crippen molar-refractivity contribution >= 4 is 22.7 Å². The van der Waals surface area contributed by atoms with Crippen molar-refractivity contribution < 1.29 is 9.47 Å². The van der Waals surface area contributed by atoms with Crippen LogP contribution in [0, 0.1) is 0 Å². The highest BCUT2D eigenvalue weighted by Crippen LogP contribution is 2.46. The summed E-state index contributed by atoms with van der Waals surface area (Å²) in [4.78, 5) is 0. The number of hydrogen-bond donors (Lipinski definition) is 4. The highest BCUT2D eigenvalue weighted by Gasteiger charge is 2.30. The van der Waals surface area contributed by atoms with Gasteiger partial charge in [0.2, 0.25) is 0 Å². The fourth-order valence-electron chi connectivity index (χ4n) is 3.88. The number of anilines is 4. The van der Waals surface area contributed by atoms with Crippen molar-refractivity contribution in [2.75, 3.05) is 22.9 Å². The average molecular weight is 441 g/mol. The van der Waals surface area contributed by atoms with Gasteiger partial charge in [-0.25, -0.2) is 0 Å². The minimum Gasteiger partial charge on any atom is -0.455 e. The van der Waals surface area contributed by atoms with Gasteiger partial charge >= 0.3 is 0 Å². The van der Waals surface area contributed by atoms with E-state index in [0.717, 1.165) is 11.1 Å². The first-order valence-corrected chi connectivity index (χ1v) is 10.6. The van der Waals surface area contributed by atoms with Crippen LogP contribution in [0.15, 0.2) is 84.9 Å². The lowest BCUT2D eigenvalue weighted by atomic mass is 9.76. The van der Waals surface area contributed by atoms with E-state index >= 15 is 0 Å². The second-order valence-corrected chi connectivity index (χ2v) is 8.33. The third-order valence-electron chi connectivity index (χ3n) is 5.78. The van der Waals surface area contributed by atoms with Gasteiger partial charge in [0.15, 0.2) is 11.5 Å². The zero-order valence-corrected chi connectivity index (χ0v) is 18.7. The van der Waals surface area contributed by atoms with E-state index in [-0.39, 0.29) is 0 Å². The molecule has 8 N–H and O–H groups in total. The lowest BCUT2D eigenvalue weighted by Gasteiger charge is -2.30. The number of nitrogens with two attached hydrogens (primary N) is 4. The van der Waals surface area contributed by atoms with Crippen LogP contribution in [0.4, 0.5) is 22.7 Å². The summed E-state index contributed by atoms with van der Waals surface area (Å²) >= 11 is 0. The van der Waals surface area contributed by atoms with Gasteiger partial charge in [-0.15, -0.1) is 0 Å². The topological polar surface area (TPSA) is 123 Å². The Morgan fingerprint density at radius 3 is 1.21 bits per heavy atom. The molecule has 4 rings (SSSR count). The maximum Gasteiger partial charge on any atom is 0.152 e. The van der Waals surface area contributed by atoms with Gasteiger partial charge in [0.1, 0.15) is 11.5 Å². The Balaban J connectivity index is 1.68. The zero-order valence-electron chi connectivity index (χ0n) is 18.7. The molecule has 0 fully saturated rings. The van der Waals surface area contributed by atoms with Gasteiger partial charge in [0, 0.05) is 5.41 Å². The molecule has 0 saturated heterocycles. The number of ether oxygens (including phenoxy) is 2. The third kappa shape index (κ3) is 4.23. The fourth-order valence-corrected chi connectivity index (χ4v) is 3.88. The van der Waals surface area contributed by atoms with E-state index in [0.29, 0.717) is 45.7 Å². The molecule has 0 radical (unpaired) electrons. The Bertz CT molecular complexity index is 1170. The molecule has 0 aliphatic rings. The summed E-state index contributed by atoms with van der Waals surface area (Å²) in [5, 5.41) is 0. The smallest absolute Gasteiger partial charge is 0.152 e. The summed E-state index contributed by atoms with van der Waals surface area (Å²) < 4.78 is 11.8. The predicted octanol–water partition coefficient (Wildman–Crippen LogP) is 5.93. The first-order valence-electron chi connectivity index (χ1n) is 10.6. The molecule has 4 aromatic rings. The summed E-state index contributed by atoms with van der Waals surface area (Å²) in [6.07, 6.45) is 0. The summed E-state index contributed by atoms with van der Waals surface area (Å²) in [6, 6.07) is 26.3. The lowest BCUT2D eigenvalue weighted by molar-refractivity contribution is 0.484. The van der Waals surface area contributed by atoms with E-state index < -0.39 is 5.41 Å². The quantitative estimate of drug-likeness (QED) is 0.276. The number of benzene rings is 4. The molecule has 0 unspecified atom stereocenters. The highest BCUT2D eigenvalue weighted by molar-refractivity contribution is 5.80. The summed E-state index contributed by atoms with van der Waals surface area (Å²) in [7, 11) is 0. The minimum atomic E-state index is -0.576. The van der Waals surface area contributed by atoms with Gasteiger partial charge in [-0.1, -0.05) is 62.4 Å². The number of hydrogen-bond acceptors (Lipinski definition) is 6. The molecule has 0 aromatic heterocycles. The molecule has 0 saturated carbocycles. The molecule has 33 heavy (non-hydrogen) atoms. The van der Waals surface area contributed by atoms with Crippen LogP contribution in [0.5, 0.6) is 23.0 Å². The van der Waals surface area contributed by atoms with Crippen molar-refractivity contribution in [1.29, 1.82) is 0 Å². The Morgan fingerprint density at radius 2 is 0.848 bits per heavy atom. The molecule has 0 bridgehead atoms. The maximum absolute atomic E-state index is 6.48. The first kappa shape index (κ1) is 21.9. The summed E-state index contributed by atoms with van der Waals surface area (Å²) in [6.45, 7) is 4.05. The van der Waals surface area contributed by atoms with Gasteiger partial charge in [0.05, 0.1) is 22.7 Å². The van der Waals surface area contributed by atoms with Crippen LogP contribution in [0.25, 0.3) is 0 Å². The van der Waals surface area contributed by atoms with Crippen molar-refractivity contribution in [3.63, 3.8) is 0 Å². The Morgan fingerprint density at radius 1 is 0.485 bits per heavy atom. The normalized spacial score (nSPS) is 11.2. The number of para-hydroxylation sites is 2.